The van der Waals surface area contributed by atoms with E-state index < -0.39 is 0 Å². The number of fused-ring (bicyclic) bond motifs is 4. The van der Waals surface area contributed by atoms with Crippen LogP contribution in [0.4, 0.5) is 0 Å². The first-order valence-corrected chi connectivity index (χ1v) is 10.3. The molecule has 1 saturated heterocycles. The fraction of sp³-hybridized carbons (Fsp3) is 0.947. The maximum atomic E-state index is 12.5. The number of hydrogen-bond donors (Lipinski definition) is 0. The predicted molar refractivity (Wildman–Crippen MR) is 88.9 cm³/mol. The quantitative estimate of drug-likeness (QED) is 0.595. The fourth-order valence-electron chi connectivity index (χ4n) is 7.46. The Kier molecular flexibility index (Phi) is 3.02. The third-order valence-electron chi connectivity index (χ3n) is 8.61. The van der Waals surface area contributed by atoms with Gasteiger partial charge in [-0.2, -0.15) is 0 Å². The molecular weight excluding hydrogens is 340 g/mol. The Bertz CT molecular complexity index is 520. The van der Waals surface area contributed by atoms with E-state index in [2.05, 4.69) is 22.9 Å². The summed E-state index contributed by atoms with van der Waals surface area (Å²) in [7, 11) is 0. The van der Waals surface area contributed by atoms with Crippen LogP contribution in [0, 0.1) is 34.5 Å². The van der Waals surface area contributed by atoms with Gasteiger partial charge < -0.3 is 4.74 Å². The Morgan fingerprint density at radius 2 is 2.05 bits per heavy atom. The summed E-state index contributed by atoms with van der Waals surface area (Å²) >= 11 is 3.88. The van der Waals surface area contributed by atoms with Gasteiger partial charge in [-0.3, -0.25) is 4.79 Å². The van der Waals surface area contributed by atoms with E-state index in [4.69, 9.17) is 4.74 Å². The van der Waals surface area contributed by atoms with Crippen LogP contribution in [0.1, 0.15) is 58.3 Å². The van der Waals surface area contributed by atoms with Crippen molar-refractivity contribution in [1.29, 1.82) is 0 Å². The number of halogens is 1. The van der Waals surface area contributed by atoms with Gasteiger partial charge in [-0.1, -0.05) is 22.9 Å². The summed E-state index contributed by atoms with van der Waals surface area (Å²) in [5.41, 5.74) is 0.487. The molecule has 4 aliphatic carbocycles. The number of alkyl halides is 1. The second-order valence-electron chi connectivity index (χ2n) is 9.11. The molecule has 5 fully saturated rings. The molecule has 0 aromatic heterocycles. The number of ketones is 1. The highest BCUT2D eigenvalue weighted by Crippen LogP contribution is 2.67. The maximum absolute atomic E-state index is 12.5. The van der Waals surface area contributed by atoms with Crippen LogP contribution in [0.2, 0.25) is 0 Å². The van der Waals surface area contributed by atoms with E-state index >= 15 is 0 Å². The molecule has 22 heavy (non-hydrogen) atoms. The Morgan fingerprint density at radius 3 is 2.91 bits per heavy atom. The van der Waals surface area contributed by atoms with Crippen molar-refractivity contribution in [2.45, 2.75) is 69.2 Å². The highest BCUT2D eigenvalue weighted by atomic mass is 79.9. The Balaban J connectivity index is 1.50. The van der Waals surface area contributed by atoms with Gasteiger partial charge in [0, 0.05) is 22.1 Å². The summed E-state index contributed by atoms with van der Waals surface area (Å²) in [6, 6.07) is 0. The number of rotatable bonds is 0. The van der Waals surface area contributed by atoms with Gasteiger partial charge in [0.05, 0.1) is 12.7 Å². The predicted octanol–water partition coefficient (Wildman–Crippen LogP) is 4.35. The first kappa shape index (κ1) is 14.5. The largest absolute Gasteiger partial charge is 0.376 e. The molecule has 1 aliphatic heterocycles. The topological polar surface area (TPSA) is 26.3 Å². The lowest BCUT2D eigenvalue weighted by Gasteiger charge is -2.58. The number of Topliss-reactive ketones (excluding diaryl/α,β-unsaturated/α-hetero) is 1. The van der Waals surface area contributed by atoms with Crippen molar-refractivity contribution < 1.29 is 9.53 Å². The highest BCUT2D eigenvalue weighted by molar-refractivity contribution is 9.09. The normalized spacial score (nSPS) is 59.8. The molecule has 0 radical (unpaired) electrons. The third kappa shape index (κ3) is 1.63. The molecule has 0 N–H and O–H groups in total. The monoisotopic (exact) mass is 366 g/mol. The van der Waals surface area contributed by atoms with E-state index in [0.717, 1.165) is 37.2 Å². The summed E-state index contributed by atoms with van der Waals surface area (Å²) < 4.78 is 6.24. The van der Waals surface area contributed by atoms with Crippen LogP contribution >= 0.6 is 15.9 Å². The second-order valence-corrected chi connectivity index (χ2v) is 10.3. The molecule has 122 valence electrons. The van der Waals surface area contributed by atoms with Crippen LogP contribution < -0.4 is 0 Å². The van der Waals surface area contributed by atoms with Crippen molar-refractivity contribution in [3.05, 3.63) is 0 Å². The van der Waals surface area contributed by atoms with Gasteiger partial charge in [0.25, 0.3) is 0 Å². The summed E-state index contributed by atoms with van der Waals surface area (Å²) in [5.74, 6) is 3.74. The lowest BCUT2D eigenvalue weighted by molar-refractivity contribution is -0.137. The zero-order valence-corrected chi connectivity index (χ0v) is 15.1. The molecule has 0 aromatic carbocycles. The molecule has 2 nitrogen and oxygen atoms in total. The molecule has 1 heterocycles. The molecule has 4 saturated carbocycles. The van der Waals surface area contributed by atoms with Gasteiger partial charge in [0.1, 0.15) is 5.78 Å². The van der Waals surface area contributed by atoms with E-state index in [1.807, 2.05) is 0 Å². The van der Waals surface area contributed by atoms with Crippen LogP contribution in [0.25, 0.3) is 0 Å². The van der Waals surface area contributed by atoms with Gasteiger partial charge in [0.15, 0.2) is 0 Å². The van der Waals surface area contributed by atoms with Gasteiger partial charge in [0.2, 0.25) is 0 Å². The van der Waals surface area contributed by atoms with Gasteiger partial charge >= 0.3 is 0 Å². The van der Waals surface area contributed by atoms with Gasteiger partial charge in [-0.25, -0.2) is 0 Å². The van der Waals surface area contributed by atoms with Crippen LogP contribution in [0.3, 0.4) is 0 Å². The van der Waals surface area contributed by atoms with Crippen LogP contribution in [0.15, 0.2) is 0 Å². The molecule has 0 amide bonds. The summed E-state index contributed by atoms with van der Waals surface area (Å²) in [4.78, 5) is 13.0. The average Bonchev–Trinajstić information content (AvgIpc) is 3.02. The summed E-state index contributed by atoms with van der Waals surface area (Å²) in [5, 5.41) is 0. The minimum absolute atomic E-state index is 0.0239. The van der Waals surface area contributed by atoms with E-state index in [9.17, 15) is 4.79 Å². The standard InChI is InChI=1S/C19H27BrO2/c1-18-7-6-14-12(13(18)4-5-17(18)21)3-2-11-8-15(20)16-9-19(11,14)10-22-16/h11-16H,2-10H2,1H3/t11-,12-,13-,14-,15-,16-,18-,19+/m0/s1. The Hall–Kier alpha value is 0.110. The zero-order chi connectivity index (χ0) is 15.1. The number of ether oxygens (including phenoxy) is 1. The van der Waals surface area contributed by atoms with Crippen LogP contribution in [-0.4, -0.2) is 23.3 Å². The Morgan fingerprint density at radius 1 is 1.18 bits per heavy atom. The third-order valence-corrected chi connectivity index (χ3v) is 9.57. The molecule has 0 unspecified atom stereocenters. The van der Waals surface area contributed by atoms with Crippen molar-refractivity contribution in [2.24, 2.45) is 34.5 Å². The molecule has 0 aromatic rings. The first-order valence-electron chi connectivity index (χ1n) is 9.33. The van der Waals surface area contributed by atoms with Crippen molar-refractivity contribution >= 4 is 21.7 Å². The zero-order valence-electron chi connectivity index (χ0n) is 13.5. The van der Waals surface area contributed by atoms with Crippen LogP contribution in [-0.2, 0) is 9.53 Å². The minimum atomic E-state index is 0.0239. The summed E-state index contributed by atoms with van der Waals surface area (Å²) in [6.45, 7) is 3.29. The molecular formula is C19H27BrO2. The smallest absolute Gasteiger partial charge is 0.139 e. The molecule has 8 atom stereocenters. The Labute approximate surface area is 141 Å². The van der Waals surface area contributed by atoms with E-state index in [1.54, 1.807) is 0 Å². The summed E-state index contributed by atoms with van der Waals surface area (Å²) in [6.07, 6.45) is 10.2. The average molecular weight is 367 g/mol. The van der Waals surface area contributed by atoms with Crippen LogP contribution in [0.5, 0.6) is 0 Å². The number of carbonyl (C=O) groups is 1. The van der Waals surface area contributed by atoms with E-state index in [-0.39, 0.29) is 5.41 Å². The SMILES string of the molecule is C[C@]12CC[C@H]3[C@@H](CC[C@H]4C[C@H](Br)[C@@H]5C[C@@]43CO5)[C@@H]1CCC2=O. The van der Waals surface area contributed by atoms with E-state index in [0.29, 0.717) is 28.0 Å². The van der Waals surface area contributed by atoms with Crippen molar-refractivity contribution in [2.75, 3.05) is 6.61 Å². The second kappa shape index (κ2) is 4.59. The van der Waals surface area contributed by atoms with Gasteiger partial charge in [-0.05, 0) is 68.6 Å². The van der Waals surface area contributed by atoms with Crippen molar-refractivity contribution in [3.8, 4) is 0 Å². The lowest BCUT2D eigenvalue weighted by Crippen LogP contribution is -2.55. The highest BCUT2D eigenvalue weighted by Gasteiger charge is 2.64. The lowest BCUT2D eigenvalue weighted by atomic mass is 9.45. The van der Waals surface area contributed by atoms with Crippen molar-refractivity contribution in [3.63, 3.8) is 0 Å². The first-order chi connectivity index (χ1) is 10.5. The number of hydrogen-bond acceptors (Lipinski definition) is 2. The molecule has 3 heteroatoms. The van der Waals surface area contributed by atoms with E-state index in [1.165, 1.54) is 38.5 Å². The van der Waals surface area contributed by atoms with Gasteiger partial charge in [-0.15, -0.1) is 0 Å². The molecule has 5 aliphatic rings. The van der Waals surface area contributed by atoms with Crippen molar-refractivity contribution in [1.82, 2.24) is 0 Å². The maximum Gasteiger partial charge on any atom is 0.139 e. The molecule has 5 rings (SSSR count). The molecule has 1 spiro atoms. The molecule has 2 bridgehead atoms. The number of carbonyl (C=O) groups excluding carboxylic acids is 1. The fourth-order valence-corrected chi connectivity index (χ4v) is 8.26. The minimum Gasteiger partial charge on any atom is -0.376 e.